The molecule has 7 nitrogen and oxygen atoms in total. The minimum absolute atomic E-state index is 0.0602. The molecule has 0 aliphatic carbocycles. The minimum atomic E-state index is -0.0602. The van der Waals surface area contributed by atoms with E-state index in [-0.39, 0.29) is 11.9 Å². The number of piperidine rings is 1. The number of fused-ring (bicyclic) bond motifs is 1. The molecular weight excluding hydrogens is 316 g/mol. The Morgan fingerprint density at radius 1 is 1.32 bits per heavy atom. The molecular formula is C18H20N6O. The third-order valence-corrected chi connectivity index (χ3v) is 4.45. The van der Waals surface area contributed by atoms with Crippen molar-refractivity contribution in [2.75, 3.05) is 18.0 Å². The summed E-state index contributed by atoms with van der Waals surface area (Å²) in [6.45, 7) is 3.54. The molecule has 7 heteroatoms. The smallest absolute Gasteiger partial charge is 0.251 e. The van der Waals surface area contributed by atoms with E-state index < -0.39 is 0 Å². The number of nitrogens with zero attached hydrogens (tertiary/aromatic N) is 4. The molecule has 0 saturated carbocycles. The maximum Gasteiger partial charge on any atom is 0.251 e. The van der Waals surface area contributed by atoms with E-state index in [9.17, 15) is 4.79 Å². The number of hydrogen-bond donors (Lipinski definition) is 2. The van der Waals surface area contributed by atoms with Gasteiger partial charge >= 0.3 is 0 Å². The van der Waals surface area contributed by atoms with Crippen molar-refractivity contribution in [1.29, 1.82) is 0 Å². The summed E-state index contributed by atoms with van der Waals surface area (Å²) < 4.78 is 0. The predicted octanol–water partition coefficient (Wildman–Crippen LogP) is 2.06. The molecule has 0 radical (unpaired) electrons. The van der Waals surface area contributed by atoms with E-state index in [0.717, 1.165) is 48.7 Å². The highest BCUT2D eigenvalue weighted by atomic mass is 16.1. The van der Waals surface area contributed by atoms with E-state index in [1.54, 1.807) is 18.5 Å². The van der Waals surface area contributed by atoms with E-state index in [2.05, 4.69) is 30.2 Å². The van der Waals surface area contributed by atoms with Gasteiger partial charge in [-0.25, -0.2) is 15.0 Å². The largest absolute Gasteiger partial charge is 0.348 e. The van der Waals surface area contributed by atoms with Crippen molar-refractivity contribution >= 4 is 22.9 Å². The van der Waals surface area contributed by atoms with Gasteiger partial charge in [0, 0.05) is 37.1 Å². The quantitative estimate of drug-likeness (QED) is 0.764. The predicted molar refractivity (Wildman–Crippen MR) is 95.6 cm³/mol. The third-order valence-electron chi connectivity index (χ3n) is 4.45. The summed E-state index contributed by atoms with van der Waals surface area (Å²) in [7, 11) is 0. The van der Waals surface area contributed by atoms with Gasteiger partial charge < -0.3 is 15.2 Å². The lowest BCUT2D eigenvalue weighted by atomic mass is 10.1. The van der Waals surface area contributed by atoms with Crippen LogP contribution in [-0.4, -0.2) is 45.0 Å². The van der Waals surface area contributed by atoms with Crippen LogP contribution in [0.4, 0.5) is 5.95 Å². The van der Waals surface area contributed by atoms with E-state index in [1.807, 2.05) is 25.1 Å². The number of aromatic nitrogens is 4. The number of benzene rings is 1. The SMILES string of the molecule is Cc1nc2ccc(C(=O)NC3CCCN(c4ncccn4)C3)cc2[nH]1. The Balaban J connectivity index is 1.46. The van der Waals surface area contributed by atoms with Gasteiger partial charge in [0.15, 0.2) is 0 Å². The van der Waals surface area contributed by atoms with Crippen LogP contribution in [0.15, 0.2) is 36.7 Å². The highest BCUT2D eigenvalue weighted by molar-refractivity contribution is 5.97. The first-order valence-corrected chi connectivity index (χ1v) is 8.48. The van der Waals surface area contributed by atoms with Crippen molar-refractivity contribution in [2.24, 2.45) is 0 Å². The van der Waals surface area contributed by atoms with Crippen LogP contribution in [-0.2, 0) is 0 Å². The average Bonchev–Trinajstić information content (AvgIpc) is 3.02. The fraction of sp³-hybridized carbons (Fsp3) is 0.333. The second-order valence-electron chi connectivity index (χ2n) is 6.36. The normalized spacial score (nSPS) is 17.6. The highest BCUT2D eigenvalue weighted by Crippen LogP contribution is 2.17. The summed E-state index contributed by atoms with van der Waals surface area (Å²) in [4.78, 5) is 30.9. The lowest BCUT2D eigenvalue weighted by Gasteiger charge is -2.33. The number of amides is 1. The second kappa shape index (κ2) is 6.51. The zero-order chi connectivity index (χ0) is 17.2. The van der Waals surface area contributed by atoms with Crippen molar-refractivity contribution in [2.45, 2.75) is 25.8 Å². The van der Waals surface area contributed by atoms with Crippen LogP contribution in [0.25, 0.3) is 11.0 Å². The molecule has 0 bridgehead atoms. The summed E-state index contributed by atoms with van der Waals surface area (Å²) >= 11 is 0. The molecule has 25 heavy (non-hydrogen) atoms. The Bertz CT molecular complexity index is 891. The summed E-state index contributed by atoms with van der Waals surface area (Å²) in [5, 5.41) is 3.14. The van der Waals surface area contributed by atoms with Crippen LogP contribution in [0, 0.1) is 6.92 Å². The van der Waals surface area contributed by atoms with Crippen molar-refractivity contribution in [3.8, 4) is 0 Å². The number of carbonyl (C=O) groups is 1. The fourth-order valence-electron chi connectivity index (χ4n) is 3.28. The highest BCUT2D eigenvalue weighted by Gasteiger charge is 2.23. The van der Waals surface area contributed by atoms with Gasteiger partial charge in [0.1, 0.15) is 5.82 Å². The third kappa shape index (κ3) is 3.31. The van der Waals surface area contributed by atoms with Crippen LogP contribution in [0.3, 0.4) is 0 Å². The number of anilines is 1. The molecule has 1 saturated heterocycles. The standard InChI is InChI=1S/C18H20N6O/c1-12-21-15-6-5-13(10-16(15)22-12)17(25)23-14-4-2-9-24(11-14)18-19-7-3-8-20-18/h3,5-8,10,14H,2,4,9,11H2,1H3,(H,21,22)(H,23,25). The van der Waals surface area contributed by atoms with Crippen LogP contribution in [0.2, 0.25) is 0 Å². The Labute approximate surface area is 145 Å². The molecule has 1 aliphatic heterocycles. The number of nitrogens with one attached hydrogen (secondary N) is 2. The number of carbonyl (C=O) groups excluding carboxylic acids is 1. The molecule has 1 amide bonds. The molecule has 0 spiro atoms. The summed E-state index contributed by atoms with van der Waals surface area (Å²) in [5.41, 5.74) is 2.40. The molecule has 4 rings (SSSR count). The van der Waals surface area contributed by atoms with Crippen molar-refractivity contribution in [3.05, 3.63) is 48.0 Å². The number of aromatic amines is 1. The second-order valence-corrected chi connectivity index (χ2v) is 6.36. The van der Waals surface area contributed by atoms with Crippen LogP contribution < -0.4 is 10.2 Å². The van der Waals surface area contributed by atoms with Crippen LogP contribution in [0.5, 0.6) is 0 Å². The van der Waals surface area contributed by atoms with E-state index in [1.165, 1.54) is 0 Å². The van der Waals surface area contributed by atoms with E-state index in [4.69, 9.17) is 0 Å². The molecule has 128 valence electrons. The summed E-state index contributed by atoms with van der Waals surface area (Å²) in [6.07, 6.45) is 5.45. The lowest BCUT2D eigenvalue weighted by Crippen LogP contribution is -2.48. The Morgan fingerprint density at radius 2 is 2.16 bits per heavy atom. The van der Waals surface area contributed by atoms with Gasteiger partial charge in [0.25, 0.3) is 5.91 Å². The van der Waals surface area contributed by atoms with Crippen LogP contribution >= 0.6 is 0 Å². The van der Waals surface area contributed by atoms with Crippen LogP contribution in [0.1, 0.15) is 29.0 Å². The zero-order valence-corrected chi connectivity index (χ0v) is 14.1. The molecule has 3 heterocycles. The maximum atomic E-state index is 12.6. The minimum Gasteiger partial charge on any atom is -0.348 e. The molecule has 1 aromatic carbocycles. The van der Waals surface area contributed by atoms with Gasteiger partial charge in [-0.2, -0.15) is 0 Å². The molecule has 1 aliphatic rings. The van der Waals surface area contributed by atoms with Crippen molar-refractivity contribution < 1.29 is 4.79 Å². The average molecular weight is 336 g/mol. The van der Waals surface area contributed by atoms with Gasteiger partial charge in [0.2, 0.25) is 5.95 Å². The first-order valence-electron chi connectivity index (χ1n) is 8.48. The lowest BCUT2D eigenvalue weighted by molar-refractivity contribution is 0.0933. The Kier molecular flexibility index (Phi) is 4.05. The fourth-order valence-corrected chi connectivity index (χ4v) is 3.28. The number of rotatable bonds is 3. The first kappa shape index (κ1) is 15.6. The molecule has 2 aromatic heterocycles. The molecule has 1 atom stereocenters. The summed E-state index contributed by atoms with van der Waals surface area (Å²) in [6, 6.07) is 7.44. The molecule has 2 N–H and O–H groups in total. The zero-order valence-electron chi connectivity index (χ0n) is 14.1. The molecule has 1 unspecified atom stereocenters. The van der Waals surface area contributed by atoms with Crippen molar-refractivity contribution in [3.63, 3.8) is 0 Å². The van der Waals surface area contributed by atoms with Crippen molar-refractivity contribution in [1.82, 2.24) is 25.3 Å². The molecule has 1 fully saturated rings. The Morgan fingerprint density at radius 3 is 3.00 bits per heavy atom. The van der Waals surface area contributed by atoms with Gasteiger partial charge in [-0.05, 0) is 44.0 Å². The monoisotopic (exact) mass is 336 g/mol. The number of imidazole rings is 1. The number of hydrogen-bond acceptors (Lipinski definition) is 5. The Hall–Kier alpha value is -2.96. The van der Waals surface area contributed by atoms with Gasteiger partial charge in [-0.1, -0.05) is 0 Å². The first-order chi connectivity index (χ1) is 12.2. The van der Waals surface area contributed by atoms with Gasteiger partial charge in [-0.15, -0.1) is 0 Å². The summed E-state index contributed by atoms with van der Waals surface area (Å²) in [5.74, 6) is 1.50. The topological polar surface area (TPSA) is 86.8 Å². The van der Waals surface area contributed by atoms with Gasteiger partial charge in [-0.3, -0.25) is 4.79 Å². The maximum absolute atomic E-state index is 12.6. The van der Waals surface area contributed by atoms with E-state index >= 15 is 0 Å². The number of H-pyrrole nitrogens is 1. The number of aryl methyl sites for hydroxylation is 1. The van der Waals surface area contributed by atoms with Gasteiger partial charge in [0.05, 0.1) is 11.0 Å². The molecule has 3 aromatic rings. The van der Waals surface area contributed by atoms with E-state index in [0.29, 0.717) is 5.56 Å².